The zero-order chi connectivity index (χ0) is 16.7. The number of aromatic nitrogens is 2. The zero-order valence-corrected chi connectivity index (χ0v) is 16.0. The van der Waals surface area contributed by atoms with Gasteiger partial charge in [0.25, 0.3) is 0 Å². The van der Waals surface area contributed by atoms with Crippen LogP contribution in [0.2, 0.25) is 0 Å². The monoisotopic (exact) mass is 409 g/mol. The van der Waals surface area contributed by atoms with Crippen molar-refractivity contribution in [2.45, 2.75) is 12.5 Å². The highest BCUT2D eigenvalue weighted by Crippen LogP contribution is 2.30. The summed E-state index contributed by atoms with van der Waals surface area (Å²) in [7, 11) is 0. The van der Waals surface area contributed by atoms with Crippen molar-refractivity contribution >= 4 is 57.3 Å². The van der Waals surface area contributed by atoms with E-state index in [2.05, 4.69) is 16.5 Å². The van der Waals surface area contributed by atoms with Gasteiger partial charge in [0, 0.05) is 17.8 Å². The molecule has 0 saturated heterocycles. The number of nitrogens with zero attached hydrogens (tertiary/aromatic N) is 2. The van der Waals surface area contributed by atoms with Gasteiger partial charge in [0.15, 0.2) is 4.96 Å². The molecule has 0 aliphatic rings. The average Bonchev–Trinajstić information content (AvgIpc) is 3.12. The standard InChI is InChI=1S/C18H15N3O2S.2ClH/c19-13(9-17(22)23)11-4-3-5-12(8-11)14-10-21-15-6-1-2-7-16(15)24-18(21)20-14;;/h1-8,10,13H,9,19H2,(H,22,23);2*1H. The van der Waals surface area contributed by atoms with Gasteiger partial charge in [-0.05, 0) is 23.8 Å². The fourth-order valence-electron chi connectivity index (χ4n) is 2.82. The lowest BCUT2D eigenvalue weighted by atomic mass is 10.0. The fraction of sp³-hybridized carbons (Fsp3) is 0.111. The van der Waals surface area contributed by atoms with Crippen molar-refractivity contribution in [2.75, 3.05) is 0 Å². The van der Waals surface area contributed by atoms with Gasteiger partial charge in [-0.15, -0.1) is 24.8 Å². The molecule has 2 aromatic heterocycles. The molecule has 0 saturated carbocycles. The van der Waals surface area contributed by atoms with E-state index < -0.39 is 12.0 Å². The van der Waals surface area contributed by atoms with Crippen LogP contribution in [0.4, 0.5) is 0 Å². The molecule has 1 unspecified atom stereocenters. The van der Waals surface area contributed by atoms with Crippen LogP contribution in [0.15, 0.2) is 54.7 Å². The summed E-state index contributed by atoms with van der Waals surface area (Å²) in [5.41, 5.74) is 9.70. The van der Waals surface area contributed by atoms with Crippen LogP contribution in [0.1, 0.15) is 18.0 Å². The third kappa shape index (κ3) is 3.68. The molecule has 8 heteroatoms. The number of fused-ring (bicyclic) bond motifs is 3. The SMILES string of the molecule is Cl.Cl.NC(CC(=O)O)c1cccc(-c2cn3c(n2)sc2ccccc23)c1. The van der Waals surface area contributed by atoms with Crippen molar-refractivity contribution in [1.29, 1.82) is 0 Å². The van der Waals surface area contributed by atoms with E-state index in [1.807, 2.05) is 42.6 Å². The topological polar surface area (TPSA) is 80.6 Å². The van der Waals surface area contributed by atoms with Crippen LogP contribution in [0.25, 0.3) is 26.4 Å². The molecule has 0 aliphatic carbocycles. The van der Waals surface area contributed by atoms with Crippen LogP contribution < -0.4 is 5.73 Å². The summed E-state index contributed by atoms with van der Waals surface area (Å²) in [6.45, 7) is 0. The lowest BCUT2D eigenvalue weighted by Crippen LogP contribution is -2.14. The van der Waals surface area contributed by atoms with Gasteiger partial charge in [-0.25, -0.2) is 4.98 Å². The van der Waals surface area contributed by atoms with Crippen molar-refractivity contribution in [3.8, 4) is 11.3 Å². The molecule has 2 aromatic carbocycles. The molecule has 1 atom stereocenters. The van der Waals surface area contributed by atoms with Crippen LogP contribution in [-0.4, -0.2) is 20.5 Å². The normalized spacial score (nSPS) is 11.7. The van der Waals surface area contributed by atoms with Crippen LogP contribution in [-0.2, 0) is 4.79 Å². The molecule has 4 aromatic rings. The molecule has 4 rings (SSSR count). The Labute approximate surface area is 166 Å². The summed E-state index contributed by atoms with van der Waals surface area (Å²) in [5, 5.41) is 8.91. The van der Waals surface area contributed by atoms with E-state index in [9.17, 15) is 4.79 Å². The van der Waals surface area contributed by atoms with Crippen LogP contribution in [0.3, 0.4) is 0 Å². The van der Waals surface area contributed by atoms with Crippen molar-refractivity contribution in [3.63, 3.8) is 0 Å². The number of rotatable bonds is 4. The minimum Gasteiger partial charge on any atom is -0.481 e. The molecule has 5 nitrogen and oxygen atoms in total. The Morgan fingerprint density at radius 2 is 1.96 bits per heavy atom. The molecule has 3 N–H and O–H groups in total. The Morgan fingerprint density at radius 1 is 1.19 bits per heavy atom. The summed E-state index contributed by atoms with van der Waals surface area (Å²) in [4.78, 5) is 16.5. The van der Waals surface area contributed by atoms with E-state index in [-0.39, 0.29) is 31.2 Å². The van der Waals surface area contributed by atoms with E-state index in [0.29, 0.717) is 0 Å². The van der Waals surface area contributed by atoms with E-state index in [1.165, 1.54) is 4.70 Å². The first-order valence-corrected chi connectivity index (χ1v) is 8.38. The van der Waals surface area contributed by atoms with Gasteiger partial charge >= 0.3 is 5.97 Å². The number of halogens is 2. The second-order valence-corrected chi connectivity index (χ2v) is 6.69. The molecule has 136 valence electrons. The quantitative estimate of drug-likeness (QED) is 0.518. The minimum atomic E-state index is -0.901. The first-order chi connectivity index (χ1) is 11.6. The third-order valence-electron chi connectivity index (χ3n) is 4.00. The maximum Gasteiger partial charge on any atom is 0.305 e. The highest BCUT2D eigenvalue weighted by Gasteiger charge is 2.13. The predicted molar refractivity (Wildman–Crippen MR) is 110 cm³/mol. The van der Waals surface area contributed by atoms with Crippen molar-refractivity contribution < 1.29 is 9.90 Å². The molecular formula is C18H17Cl2N3O2S. The molecule has 2 heterocycles. The minimum absolute atomic E-state index is 0. The summed E-state index contributed by atoms with van der Waals surface area (Å²) >= 11 is 1.65. The van der Waals surface area contributed by atoms with Crippen LogP contribution >= 0.6 is 36.2 Å². The first kappa shape index (κ1) is 20.2. The third-order valence-corrected chi connectivity index (χ3v) is 5.04. The second kappa shape index (κ2) is 8.05. The van der Waals surface area contributed by atoms with Gasteiger partial charge in [-0.3, -0.25) is 9.20 Å². The largest absolute Gasteiger partial charge is 0.481 e. The lowest BCUT2D eigenvalue weighted by Gasteiger charge is -2.10. The smallest absolute Gasteiger partial charge is 0.305 e. The van der Waals surface area contributed by atoms with Gasteiger partial charge in [0.05, 0.1) is 22.3 Å². The zero-order valence-electron chi connectivity index (χ0n) is 13.5. The highest BCUT2D eigenvalue weighted by molar-refractivity contribution is 7.23. The summed E-state index contributed by atoms with van der Waals surface area (Å²) in [6.07, 6.45) is 1.92. The molecule has 0 bridgehead atoms. The number of hydrogen-bond donors (Lipinski definition) is 2. The number of para-hydroxylation sites is 1. The van der Waals surface area contributed by atoms with E-state index in [0.717, 1.165) is 27.3 Å². The van der Waals surface area contributed by atoms with Crippen molar-refractivity contribution in [3.05, 3.63) is 60.3 Å². The molecule has 0 spiro atoms. The van der Waals surface area contributed by atoms with E-state index in [1.54, 1.807) is 11.3 Å². The number of carboxylic acids is 1. The summed E-state index contributed by atoms with van der Waals surface area (Å²) < 4.78 is 3.28. The van der Waals surface area contributed by atoms with E-state index in [4.69, 9.17) is 15.8 Å². The number of hydrogen-bond acceptors (Lipinski definition) is 4. The lowest BCUT2D eigenvalue weighted by molar-refractivity contribution is -0.137. The Hall–Kier alpha value is -2.12. The van der Waals surface area contributed by atoms with Gasteiger partial charge in [-0.1, -0.05) is 41.7 Å². The number of thiazole rings is 1. The molecule has 0 fully saturated rings. The maximum atomic E-state index is 10.9. The average molecular weight is 410 g/mol. The number of carboxylic acid groups (broad SMARTS) is 1. The Kier molecular flexibility index (Phi) is 6.26. The van der Waals surface area contributed by atoms with Crippen LogP contribution in [0, 0.1) is 0 Å². The number of nitrogens with two attached hydrogens (primary N) is 1. The highest BCUT2D eigenvalue weighted by atomic mass is 35.5. The molecular weight excluding hydrogens is 393 g/mol. The number of benzene rings is 2. The second-order valence-electron chi connectivity index (χ2n) is 5.68. The fourth-order valence-corrected chi connectivity index (χ4v) is 3.83. The Morgan fingerprint density at radius 3 is 2.73 bits per heavy atom. The summed E-state index contributed by atoms with van der Waals surface area (Å²) in [6, 6.07) is 15.3. The predicted octanol–water partition coefficient (Wildman–Crippen LogP) is 4.53. The molecule has 26 heavy (non-hydrogen) atoms. The number of imidazole rings is 1. The molecule has 0 radical (unpaired) electrons. The summed E-state index contributed by atoms with van der Waals surface area (Å²) in [5.74, 6) is -0.901. The van der Waals surface area contributed by atoms with Crippen LogP contribution in [0.5, 0.6) is 0 Å². The van der Waals surface area contributed by atoms with Crippen molar-refractivity contribution in [1.82, 2.24) is 9.38 Å². The van der Waals surface area contributed by atoms with Gasteiger partial charge in [0.2, 0.25) is 0 Å². The molecule has 0 aliphatic heterocycles. The van der Waals surface area contributed by atoms with Gasteiger partial charge < -0.3 is 10.8 Å². The van der Waals surface area contributed by atoms with Gasteiger partial charge in [0.1, 0.15) is 0 Å². The first-order valence-electron chi connectivity index (χ1n) is 7.56. The number of aliphatic carboxylic acids is 1. The van der Waals surface area contributed by atoms with Crippen molar-refractivity contribution in [2.24, 2.45) is 5.73 Å². The van der Waals surface area contributed by atoms with E-state index >= 15 is 0 Å². The Balaban J connectivity index is 0.00000121. The number of carbonyl (C=O) groups is 1. The Bertz CT molecular complexity index is 1060. The maximum absolute atomic E-state index is 10.9. The van der Waals surface area contributed by atoms with Gasteiger partial charge in [-0.2, -0.15) is 0 Å². The molecule has 0 amide bonds.